The van der Waals surface area contributed by atoms with Crippen molar-refractivity contribution in [2.45, 2.75) is 26.4 Å². The van der Waals surface area contributed by atoms with Crippen LogP contribution in [-0.2, 0) is 11.3 Å². The van der Waals surface area contributed by atoms with Crippen LogP contribution in [0.15, 0.2) is 16.2 Å². The number of morpholine rings is 1. The van der Waals surface area contributed by atoms with Crippen LogP contribution >= 0.6 is 11.3 Å². The second-order valence-electron chi connectivity index (χ2n) is 5.13. The number of hydrogen-bond acceptors (Lipinski definition) is 6. The van der Waals surface area contributed by atoms with Crippen molar-refractivity contribution in [3.8, 4) is 0 Å². The number of aromatic nitrogens is 2. The molecule has 1 atom stereocenters. The summed E-state index contributed by atoms with van der Waals surface area (Å²) in [4.78, 5) is 22.8. The number of hydrogen-bond donors (Lipinski definition) is 1. The van der Waals surface area contributed by atoms with Gasteiger partial charge < -0.3 is 19.4 Å². The van der Waals surface area contributed by atoms with E-state index in [9.17, 15) is 4.79 Å². The molecular weight excluding hydrogens is 304 g/mol. The van der Waals surface area contributed by atoms with Crippen LogP contribution in [0.1, 0.15) is 28.2 Å². The number of nitrogens with one attached hydrogen (secondary N) is 1. The van der Waals surface area contributed by atoms with Gasteiger partial charge in [0.05, 0.1) is 19.8 Å². The Balaban J connectivity index is 1.67. The van der Waals surface area contributed by atoms with Gasteiger partial charge >= 0.3 is 6.03 Å². The number of rotatable bonds is 3. The third-order valence-electron chi connectivity index (χ3n) is 3.56. The second-order valence-corrected chi connectivity index (χ2v) is 6.01. The smallest absolute Gasteiger partial charge is 0.318 e. The highest BCUT2D eigenvalue weighted by molar-refractivity contribution is 7.09. The van der Waals surface area contributed by atoms with Crippen LogP contribution in [0.4, 0.5) is 4.79 Å². The molecule has 3 rings (SSSR count). The van der Waals surface area contributed by atoms with Crippen molar-refractivity contribution in [1.29, 1.82) is 0 Å². The molecule has 8 heteroatoms. The van der Waals surface area contributed by atoms with Gasteiger partial charge in [-0.25, -0.2) is 14.8 Å². The molecule has 22 heavy (non-hydrogen) atoms. The van der Waals surface area contributed by atoms with Gasteiger partial charge in [0.15, 0.2) is 6.39 Å². The lowest BCUT2D eigenvalue weighted by Crippen LogP contribution is -2.48. The Bertz CT molecular complexity index is 654. The van der Waals surface area contributed by atoms with E-state index in [1.54, 1.807) is 16.2 Å². The van der Waals surface area contributed by atoms with Crippen molar-refractivity contribution in [2.24, 2.45) is 0 Å². The summed E-state index contributed by atoms with van der Waals surface area (Å²) in [6.45, 7) is 5.68. The van der Waals surface area contributed by atoms with Crippen LogP contribution in [0.2, 0.25) is 0 Å². The summed E-state index contributed by atoms with van der Waals surface area (Å²) in [5.41, 5.74) is 1.70. The van der Waals surface area contributed by atoms with Crippen LogP contribution in [0, 0.1) is 13.8 Å². The fourth-order valence-electron chi connectivity index (χ4n) is 2.34. The fourth-order valence-corrected chi connectivity index (χ4v) is 3.23. The summed E-state index contributed by atoms with van der Waals surface area (Å²) in [5, 5.41) is 5.78. The monoisotopic (exact) mass is 322 g/mol. The summed E-state index contributed by atoms with van der Waals surface area (Å²) in [7, 11) is 0. The Morgan fingerprint density at radius 3 is 3.09 bits per heavy atom. The summed E-state index contributed by atoms with van der Waals surface area (Å²) in [5.74, 6) is 0.717. The Hall–Kier alpha value is -1.93. The zero-order valence-electron chi connectivity index (χ0n) is 12.5. The van der Waals surface area contributed by atoms with Crippen molar-refractivity contribution in [1.82, 2.24) is 20.2 Å². The molecule has 0 radical (unpaired) electrons. The summed E-state index contributed by atoms with van der Waals surface area (Å²) in [6, 6.07) is -0.269. The molecule has 3 heterocycles. The van der Waals surface area contributed by atoms with E-state index in [4.69, 9.17) is 9.15 Å². The number of carbonyl (C=O) groups excluding carboxylic acids is 1. The zero-order chi connectivity index (χ0) is 15.5. The fraction of sp³-hybridized carbons (Fsp3) is 0.500. The van der Waals surface area contributed by atoms with Gasteiger partial charge in [-0.2, -0.15) is 0 Å². The first-order chi connectivity index (χ1) is 10.6. The van der Waals surface area contributed by atoms with Crippen molar-refractivity contribution >= 4 is 17.4 Å². The minimum absolute atomic E-state index is 0.133. The number of amides is 2. The molecular formula is C14H18N4O3S. The van der Waals surface area contributed by atoms with E-state index in [2.05, 4.69) is 15.3 Å². The van der Waals surface area contributed by atoms with Gasteiger partial charge in [-0.15, -0.1) is 11.3 Å². The van der Waals surface area contributed by atoms with E-state index < -0.39 is 0 Å². The molecule has 1 aliphatic heterocycles. The summed E-state index contributed by atoms with van der Waals surface area (Å²) in [6.07, 6.45) is 1.38. The van der Waals surface area contributed by atoms with Crippen LogP contribution in [-0.4, -0.2) is 40.7 Å². The molecule has 7 nitrogen and oxygen atoms in total. The molecule has 0 unspecified atom stereocenters. The Labute approximate surface area is 132 Å². The SMILES string of the molecule is Cc1csc([C@H]2COCCN2C(=O)NCc2ncoc2C)n1. The molecule has 2 aromatic rings. The second kappa shape index (κ2) is 6.45. The number of carbonyl (C=O) groups is 1. The highest BCUT2D eigenvalue weighted by Crippen LogP contribution is 2.27. The van der Waals surface area contributed by atoms with Crippen LogP contribution < -0.4 is 5.32 Å². The lowest BCUT2D eigenvalue weighted by Gasteiger charge is -2.34. The number of thiazole rings is 1. The highest BCUT2D eigenvalue weighted by atomic mass is 32.1. The number of urea groups is 1. The van der Waals surface area contributed by atoms with E-state index in [1.165, 1.54) is 6.39 Å². The van der Waals surface area contributed by atoms with Crippen LogP contribution in [0.5, 0.6) is 0 Å². The molecule has 1 N–H and O–H groups in total. The number of oxazole rings is 1. The molecule has 0 aliphatic carbocycles. The standard InChI is InChI=1S/C14H18N4O3S/c1-9-7-22-13(17-9)12-6-20-4-3-18(12)14(19)15-5-11-10(2)21-8-16-11/h7-8,12H,3-6H2,1-2H3,(H,15,19)/t12-/m1/s1. The molecule has 1 aliphatic rings. The van der Waals surface area contributed by atoms with Crippen LogP contribution in [0.3, 0.4) is 0 Å². The van der Waals surface area contributed by atoms with Crippen molar-refractivity contribution in [3.63, 3.8) is 0 Å². The first kappa shape index (κ1) is 15.0. The molecule has 0 saturated carbocycles. The largest absolute Gasteiger partial charge is 0.448 e. The zero-order valence-corrected chi connectivity index (χ0v) is 13.4. The quantitative estimate of drug-likeness (QED) is 0.935. The topological polar surface area (TPSA) is 80.5 Å². The predicted octanol–water partition coefficient (Wildman–Crippen LogP) is 2.03. The van der Waals surface area contributed by atoms with Crippen molar-refractivity contribution < 1.29 is 13.9 Å². The van der Waals surface area contributed by atoms with E-state index in [0.717, 1.165) is 22.2 Å². The molecule has 2 amide bonds. The van der Waals surface area contributed by atoms with Gasteiger partial charge in [-0.05, 0) is 13.8 Å². The van der Waals surface area contributed by atoms with Gasteiger partial charge in [0.2, 0.25) is 0 Å². The third-order valence-corrected chi connectivity index (χ3v) is 4.63. The summed E-state index contributed by atoms with van der Waals surface area (Å²) >= 11 is 1.56. The van der Waals surface area contributed by atoms with Gasteiger partial charge in [-0.3, -0.25) is 0 Å². The minimum Gasteiger partial charge on any atom is -0.448 e. The first-order valence-corrected chi connectivity index (χ1v) is 7.96. The first-order valence-electron chi connectivity index (χ1n) is 7.08. The van der Waals surface area contributed by atoms with E-state index in [1.807, 2.05) is 19.2 Å². The normalized spacial score (nSPS) is 18.5. The maximum Gasteiger partial charge on any atom is 0.318 e. The molecule has 1 saturated heterocycles. The number of aryl methyl sites for hydroxylation is 2. The van der Waals surface area contributed by atoms with Gasteiger partial charge in [0.25, 0.3) is 0 Å². The molecule has 0 bridgehead atoms. The average Bonchev–Trinajstić information content (AvgIpc) is 3.13. The van der Waals surface area contributed by atoms with Crippen molar-refractivity contribution in [3.05, 3.63) is 33.9 Å². The van der Waals surface area contributed by atoms with E-state index in [-0.39, 0.29) is 12.1 Å². The maximum atomic E-state index is 12.5. The lowest BCUT2D eigenvalue weighted by atomic mass is 10.2. The molecule has 0 aromatic carbocycles. The van der Waals surface area contributed by atoms with Gasteiger partial charge in [0, 0.05) is 17.6 Å². The average molecular weight is 322 g/mol. The van der Waals surface area contributed by atoms with Crippen LogP contribution in [0.25, 0.3) is 0 Å². The molecule has 118 valence electrons. The molecule has 1 fully saturated rings. The number of ether oxygens (including phenoxy) is 1. The Morgan fingerprint density at radius 2 is 2.41 bits per heavy atom. The Morgan fingerprint density at radius 1 is 1.55 bits per heavy atom. The van der Waals surface area contributed by atoms with Gasteiger partial charge in [0.1, 0.15) is 22.5 Å². The predicted molar refractivity (Wildman–Crippen MR) is 80.6 cm³/mol. The third kappa shape index (κ3) is 3.12. The number of nitrogens with zero attached hydrogens (tertiary/aromatic N) is 3. The van der Waals surface area contributed by atoms with Crippen molar-refractivity contribution in [2.75, 3.05) is 19.8 Å². The Kier molecular flexibility index (Phi) is 4.39. The lowest BCUT2D eigenvalue weighted by molar-refractivity contribution is 0.0114. The molecule has 0 spiro atoms. The minimum atomic E-state index is -0.136. The van der Waals surface area contributed by atoms with Gasteiger partial charge in [-0.1, -0.05) is 0 Å². The van der Waals surface area contributed by atoms with E-state index >= 15 is 0 Å². The highest BCUT2D eigenvalue weighted by Gasteiger charge is 2.30. The maximum absolute atomic E-state index is 12.5. The summed E-state index contributed by atoms with van der Waals surface area (Å²) < 4.78 is 10.6. The molecule has 2 aromatic heterocycles. The van der Waals surface area contributed by atoms with E-state index in [0.29, 0.717) is 26.3 Å².